The van der Waals surface area contributed by atoms with Crippen molar-refractivity contribution in [2.45, 2.75) is 51.1 Å². The van der Waals surface area contributed by atoms with Crippen molar-refractivity contribution in [1.82, 2.24) is 10.2 Å². The third kappa shape index (κ3) is 3.12. The first-order chi connectivity index (χ1) is 8.18. The zero-order valence-electron chi connectivity index (χ0n) is 10.9. The standard InChI is InChI=1S/C13H24N2O2/c1-10-5-3-4-6-12(10)15(2)13(16)14-11-7-8-17-9-11/h10-12H,3-9H2,1-2H3,(H,14,16). The fourth-order valence-electron chi connectivity index (χ4n) is 2.95. The molecule has 1 heterocycles. The third-order valence-electron chi connectivity index (χ3n) is 4.14. The quantitative estimate of drug-likeness (QED) is 0.802. The molecule has 1 aliphatic heterocycles. The van der Waals surface area contributed by atoms with Crippen LogP contribution in [0.2, 0.25) is 0 Å². The molecule has 1 saturated carbocycles. The van der Waals surface area contributed by atoms with Crippen LogP contribution in [-0.2, 0) is 4.74 Å². The normalized spacial score (nSPS) is 33.4. The second-order valence-corrected chi connectivity index (χ2v) is 5.45. The number of nitrogens with zero attached hydrogens (tertiary/aromatic N) is 1. The Kier molecular flexibility index (Phi) is 4.26. The van der Waals surface area contributed by atoms with Crippen LogP contribution in [0, 0.1) is 5.92 Å². The second kappa shape index (κ2) is 5.71. The van der Waals surface area contributed by atoms with Gasteiger partial charge in [-0.05, 0) is 25.2 Å². The maximum absolute atomic E-state index is 12.1. The molecule has 0 aromatic carbocycles. The van der Waals surface area contributed by atoms with Crippen molar-refractivity contribution in [3.63, 3.8) is 0 Å². The average Bonchev–Trinajstić information content (AvgIpc) is 2.81. The van der Waals surface area contributed by atoms with Crippen LogP contribution < -0.4 is 5.32 Å². The Morgan fingerprint density at radius 3 is 2.71 bits per heavy atom. The number of nitrogens with one attached hydrogen (secondary N) is 1. The summed E-state index contributed by atoms with van der Waals surface area (Å²) in [5, 5.41) is 3.06. The van der Waals surface area contributed by atoms with Gasteiger partial charge in [-0.25, -0.2) is 4.79 Å². The van der Waals surface area contributed by atoms with Crippen LogP contribution in [0.3, 0.4) is 0 Å². The smallest absolute Gasteiger partial charge is 0.317 e. The summed E-state index contributed by atoms with van der Waals surface area (Å²) in [6.07, 6.45) is 5.89. The minimum Gasteiger partial charge on any atom is -0.379 e. The number of carbonyl (C=O) groups excluding carboxylic acids is 1. The number of hydrogen-bond donors (Lipinski definition) is 1. The molecule has 0 spiro atoms. The molecule has 2 fully saturated rings. The summed E-state index contributed by atoms with van der Waals surface area (Å²) in [5.74, 6) is 0.624. The molecular weight excluding hydrogens is 216 g/mol. The molecule has 4 heteroatoms. The van der Waals surface area contributed by atoms with Crippen molar-refractivity contribution in [2.24, 2.45) is 5.92 Å². The SMILES string of the molecule is CC1CCCCC1N(C)C(=O)NC1CCOC1. The molecule has 2 aliphatic rings. The van der Waals surface area contributed by atoms with E-state index in [1.165, 1.54) is 19.3 Å². The number of hydrogen-bond acceptors (Lipinski definition) is 2. The van der Waals surface area contributed by atoms with Crippen molar-refractivity contribution in [2.75, 3.05) is 20.3 Å². The fraction of sp³-hybridized carbons (Fsp3) is 0.923. The minimum atomic E-state index is 0.0688. The summed E-state index contributed by atoms with van der Waals surface area (Å²) in [5.41, 5.74) is 0. The summed E-state index contributed by atoms with van der Waals surface area (Å²) in [7, 11) is 1.93. The molecule has 2 amide bonds. The van der Waals surface area contributed by atoms with Crippen LogP contribution in [0.4, 0.5) is 4.79 Å². The second-order valence-electron chi connectivity index (χ2n) is 5.45. The van der Waals surface area contributed by atoms with E-state index in [-0.39, 0.29) is 12.1 Å². The molecular formula is C13H24N2O2. The molecule has 3 atom stereocenters. The van der Waals surface area contributed by atoms with Gasteiger partial charge in [0.05, 0.1) is 12.6 Å². The predicted molar refractivity (Wildman–Crippen MR) is 66.9 cm³/mol. The van der Waals surface area contributed by atoms with Crippen molar-refractivity contribution in [3.8, 4) is 0 Å². The molecule has 1 N–H and O–H groups in total. The lowest BCUT2D eigenvalue weighted by molar-refractivity contribution is 0.140. The molecule has 0 radical (unpaired) electrons. The van der Waals surface area contributed by atoms with E-state index >= 15 is 0 Å². The Morgan fingerprint density at radius 1 is 1.29 bits per heavy atom. The third-order valence-corrected chi connectivity index (χ3v) is 4.14. The van der Waals surface area contributed by atoms with E-state index in [0.29, 0.717) is 18.6 Å². The van der Waals surface area contributed by atoms with Gasteiger partial charge in [0.1, 0.15) is 0 Å². The number of carbonyl (C=O) groups is 1. The van der Waals surface area contributed by atoms with Crippen LogP contribution in [0.5, 0.6) is 0 Å². The van der Waals surface area contributed by atoms with Crippen molar-refractivity contribution >= 4 is 6.03 Å². The van der Waals surface area contributed by atoms with E-state index in [1.54, 1.807) is 0 Å². The Labute approximate surface area is 104 Å². The van der Waals surface area contributed by atoms with Gasteiger partial charge < -0.3 is 15.0 Å². The van der Waals surface area contributed by atoms with Crippen LogP contribution in [0.1, 0.15) is 39.0 Å². The lowest BCUT2D eigenvalue weighted by Gasteiger charge is -2.36. The minimum absolute atomic E-state index is 0.0688. The summed E-state index contributed by atoms with van der Waals surface area (Å²) in [4.78, 5) is 14.0. The molecule has 17 heavy (non-hydrogen) atoms. The lowest BCUT2D eigenvalue weighted by atomic mass is 9.85. The van der Waals surface area contributed by atoms with Crippen LogP contribution in [0.25, 0.3) is 0 Å². The van der Waals surface area contributed by atoms with E-state index in [1.807, 2.05) is 11.9 Å². The van der Waals surface area contributed by atoms with Crippen molar-refractivity contribution in [1.29, 1.82) is 0 Å². The molecule has 1 saturated heterocycles. The number of rotatable bonds is 2. The van der Waals surface area contributed by atoms with Crippen molar-refractivity contribution < 1.29 is 9.53 Å². The van der Waals surface area contributed by atoms with Gasteiger partial charge in [0.2, 0.25) is 0 Å². The monoisotopic (exact) mass is 240 g/mol. The first-order valence-electron chi connectivity index (χ1n) is 6.79. The zero-order valence-corrected chi connectivity index (χ0v) is 10.9. The first-order valence-corrected chi connectivity index (χ1v) is 6.79. The number of ether oxygens (including phenoxy) is 1. The highest BCUT2D eigenvalue weighted by Crippen LogP contribution is 2.27. The van der Waals surface area contributed by atoms with E-state index in [4.69, 9.17) is 4.74 Å². The van der Waals surface area contributed by atoms with Gasteiger partial charge in [0.25, 0.3) is 0 Å². The average molecular weight is 240 g/mol. The highest BCUT2D eigenvalue weighted by atomic mass is 16.5. The maximum Gasteiger partial charge on any atom is 0.317 e. The molecule has 4 nitrogen and oxygen atoms in total. The summed E-state index contributed by atoms with van der Waals surface area (Å²) >= 11 is 0. The fourth-order valence-corrected chi connectivity index (χ4v) is 2.95. The Morgan fingerprint density at radius 2 is 2.06 bits per heavy atom. The van der Waals surface area contributed by atoms with Crippen LogP contribution >= 0.6 is 0 Å². The predicted octanol–water partition coefficient (Wildman–Crippen LogP) is 2.00. The largest absolute Gasteiger partial charge is 0.379 e. The topological polar surface area (TPSA) is 41.6 Å². The molecule has 3 unspecified atom stereocenters. The Hall–Kier alpha value is -0.770. The number of urea groups is 1. The van der Waals surface area contributed by atoms with Gasteiger partial charge in [-0.3, -0.25) is 0 Å². The van der Waals surface area contributed by atoms with Gasteiger partial charge in [0.15, 0.2) is 0 Å². The highest BCUT2D eigenvalue weighted by molar-refractivity contribution is 5.74. The maximum atomic E-state index is 12.1. The Balaban J connectivity index is 1.84. The number of amides is 2. The molecule has 0 aromatic rings. The van der Waals surface area contributed by atoms with Gasteiger partial charge in [-0.1, -0.05) is 19.8 Å². The summed E-state index contributed by atoms with van der Waals surface area (Å²) in [6, 6.07) is 0.689. The molecule has 0 bridgehead atoms. The van der Waals surface area contributed by atoms with Crippen molar-refractivity contribution in [3.05, 3.63) is 0 Å². The van der Waals surface area contributed by atoms with E-state index in [9.17, 15) is 4.79 Å². The van der Waals surface area contributed by atoms with Gasteiger partial charge >= 0.3 is 6.03 Å². The van der Waals surface area contributed by atoms with Gasteiger partial charge in [-0.15, -0.1) is 0 Å². The van der Waals surface area contributed by atoms with Gasteiger partial charge in [-0.2, -0.15) is 0 Å². The van der Waals surface area contributed by atoms with E-state index in [2.05, 4.69) is 12.2 Å². The van der Waals surface area contributed by atoms with Crippen LogP contribution in [-0.4, -0.2) is 43.3 Å². The Bertz CT molecular complexity index is 264. The van der Waals surface area contributed by atoms with Gasteiger partial charge in [0, 0.05) is 19.7 Å². The zero-order chi connectivity index (χ0) is 12.3. The van der Waals surface area contributed by atoms with E-state index in [0.717, 1.165) is 19.4 Å². The molecule has 0 aromatic heterocycles. The lowest BCUT2D eigenvalue weighted by Crippen LogP contribution is -2.50. The molecule has 98 valence electrons. The molecule has 2 rings (SSSR count). The van der Waals surface area contributed by atoms with E-state index < -0.39 is 0 Å². The summed E-state index contributed by atoms with van der Waals surface area (Å²) in [6.45, 7) is 3.70. The highest BCUT2D eigenvalue weighted by Gasteiger charge is 2.29. The first kappa shape index (κ1) is 12.7. The van der Waals surface area contributed by atoms with Crippen LogP contribution in [0.15, 0.2) is 0 Å². The molecule has 1 aliphatic carbocycles. The summed E-state index contributed by atoms with van der Waals surface area (Å²) < 4.78 is 5.27.